The van der Waals surface area contributed by atoms with E-state index in [-0.39, 0.29) is 11.9 Å². The summed E-state index contributed by atoms with van der Waals surface area (Å²) in [5.41, 5.74) is 3.50. The Balaban J connectivity index is 1.50. The summed E-state index contributed by atoms with van der Waals surface area (Å²) in [6, 6.07) is 15.0. The van der Waals surface area contributed by atoms with E-state index in [1.807, 2.05) is 43.3 Å². The normalized spacial score (nSPS) is 13.2. The van der Waals surface area contributed by atoms with Gasteiger partial charge in [-0.1, -0.05) is 29.8 Å². The van der Waals surface area contributed by atoms with Gasteiger partial charge in [0.25, 0.3) is 0 Å². The van der Waals surface area contributed by atoms with Gasteiger partial charge in [0.05, 0.1) is 6.42 Å². The summed E-state index contributed by atoms with van der Waals surface area (Å²) in [5, 5.41) is 8.52. The van der Waals surface area contributed by atoms with Crippen molar-refractivity contribution in [3.05, 3.63) is 59.7 Å². The Bertz CT molecular complexity index is 719. The number of nitrogens with one attached hydrogen (secondary N) is 3. The number of benzene rings is 2. The van der Waals surface area contributed by atoms with E-state index in [9.17, 15) is 9.59 Å². The molecule has 0 bridgehead atoms. The SMILES string of the molecule is Cc1ccc(NC(=O)Nc2ccc(CC(=O)NC3CC3)cc2)cc1. The molecule has 0 aromatic heterocycles. The fourth-order valence-corrected chi connectivity index (χ4v) is 2.33. The predicted molar refractivity (Wildman–Crippen MR) is 95.1 cm³/mol. The van der Waals surface area contributed by atoms with Crippen molar-refractivity contribution in [1.29, 1.82) is 0 Å². The zero-order chi connectivity index (χ0) is 16.9. The maximum atomic E-state index is 12.0. The van der Waals surface area contributed by atoms with Crippen molar-refractivity contribution >= 4 is 23.3 Å². The number of amides is 3. The second kappa shape index (κ2) is 7.17. The molecule has 24 heavy (non-hydrogen) atoms. The van der Waals surface area contributed by atoms with Crippen LogP contribution in [0.1, 0.15) is 24.0 Å². The van der Waals surface area contributed by atoms with E-state index in [1.54, 1.807) is 12.1 Å². The molecule has 0 radical (unpaired) electrons. The lowest BCUT2D eigenvalue weighted by Gasteiger charge is -2.09. The van der Waals surface area contributed by atoms with Crippen LogP contribution in [-0.2, 0) is 11.2 Å². The highest BCUT2D eigenvalue weighted by Crippen LogP contribution is 2.19. The smallest absolute Gasteiger partial charge is 0.323 e. The first-order chi connectivity index (χ1) is 11.6. The molecule has 1 saturated carbocycles. The standard InChI is InChI=1S/C19H21N3O2/c1-13-2-6-16(7-3-13)21-19(24)22-17-8-4-14(5-9-17)12-18(23)20-15-10-11-15/h2-9,15H,10-12H2,1H3,(H,20,23)(H2,21,22,24). The van der Waals surface area contributed by atoms with Crippen molar-refractivity contribution in [3.8, 4) is 0 Å². The quantitative estimate of drug-likeness (QED) is 0.788. The summed E-state index contributed by atoms with van der Waals surface area (Å²) >= 11 is 0. The van der Waals surface area contributed by atoms with Crippen molar-refractivity contribution in [2.75, 3.05) is 10.6 Å². The van der Waals surface area contributed by atoms with Gasteiger partial charge < -0.3 is 16.0 Å². The molecule has 3 N–H and O–H groups in total. The molecule has 3 amide bonds. The molecule has 1 aliphatic carbocycles. The van der Waals surface area contributed by atoms with Gasteiger partial charge in [-0.2, -0.15) is 0 Å². The number of hydrogen-bond acceptors (Lipinski definition) is 2. The molecule has 0 aliphatic heterocycles. The molecule has 5 nitrogen and oxygen atoms in total. The van der Waals surface area contributed by atoms with Crippen molar-refractivity contribution in [2.45, 2.75) is 32.2 Å². The van der Waals surface area contributed by atoms with Gasteiger partial charge in [0.2, 0.25) is 5.91 Å². The van der Waals surface area contributed by atoms with Gasteiger partial charge >= 0.3 is 6.03 Å². The summed E-state index contributed by atoms with van der Waals surface area (Å²) in [7, 11) is 0. The van der Waals surface area contributed by atoms with Crippen molar-refractivity contribution in [1.82, 2.24) is 5.32 Å². The highest BCUT2D eigenvalue weighted by molar-refractivity contribution is 5.99. The third-order valence-corrected chi connectivity index (χ3v) is 3.83. The zero-order valence-electron chi connectivity index (χ0n) is 13.6. The van der Waals surface area contributed by atoms with Crippen molar-refractivity contribution in [3.63, 3.8) is 0 Å². The van der Waals surface area contributed by atoms with E-state index in [0.29, 0.717) is 18.2 Å². The topological polar surface area (TPSA) is 70.2 Å². The van der Waals surface area contributed by atoms with E-state index >= 15 is 0 Å². The van der Waals surface area contributed by atoms with Gasteiger partial charge in [0, 0.05) is 17.4 Å². The van der Waals surface area contributed by atoms with Gasteiger partial charge in [-0.3, -0.25) is 4.79 Å². The summed E-state index contributed by atoms with van der Waals surface area (Å²) in [4.78, 5) is 23.7. The number of carbonyl (C=O) groups excluding carboxylic acids is 2. The van der Waals surface area contributed by atoms with Crippen molar-refractivity contribution < 1.29 is 9.59 Å². The average Bonchev–Trinajstić information content (AvgIpc) is 3.35. The molecule has 1 aliphatic rings. The summed E-state index contributed by atoms with van der Waals surface area (Å²) < 4.78 is 0. The summed E-state index contributed by atoms with van der Waals surface area (Å²) in [6.07, 6.45) is 2.54. The van der Waals surface area contributed by atoms with Crippen LogP contribution in [0.4, 0.5) is 16.2 Å². The molecule has 0 saturated heterocycles. The van der Waals surface area contributed by atoms with Gasteiger partial charge in [-0.25, -0.2) is 4.79 Å². The first-order valence-corrected chi connectivity index (χ1v) is 8.11. The highest BCUT2D eigenvalue weighted by atomic mass is 16.2. The molecule has 3 rings (SSSR count). The Kier molecular flexibility index (Phi) is 4.79. The van der Waals surface area contributed by atoms with Crippen LogP contribution >= 0.6 is 0 Å². The fourth-order valence-electron chi connectivity index (χ4n) is 2.33. The van der Waals surface area contributed by atoms with Crippen molar-refractivity contribution in [2.24, 2.45) is 0 Å². The van der Waals surface area contributed by atoms with E-state index in [2.05, 4.69) is 16.0 Å². The molecule has 2 aromatic carbocycles. The summed E-state index contributed by atoms with van der Waals surface area (Å²) in [5.74, 6) is 0.0512. The molecule has 0 unspecified atom stereocenters. The van der Waals surface area contributed by atoms with Gasteiger partial charge in [0.1, 0.15) is 0 Å². The second-order valence-electron chi connectivity index (χ2n) is 6.16. The molecule has 0 spiro atoms. The van der Waals surface area contributed by atoms with Gasteiger partial charge in [-0.05, 0) is 49.6 Å². The molecule has 1 fully saturated rings. The first-order valence-electron chi connectivity index (χ1n) is 8.11. The Morgan fingerprint density at radius 3 is 2.00 bits per heavy atom. The Morgan fingerprint density at radius 1 is 0.917 bits per heavy atom. The molecular weight excluding hydrogens is 302 g/mol. The highest BCUT2D eigenvalue weighted by Gasteiger charge is 2.22. The van der Waals surface area contributed by atoms with Crippen LogP contribution < -0.4 is 16.0 Å². The van der Waals surface area contributed by atoms with Gasteiger partial charge in [0.15, 0.2) is 0 Å². The largest absolute Gasteiger partial charge is 0.353 e. The maximum absolute atomic E-state index is 12.0. The van der Waals surface area contributed by atoms with E-state index in [4.69, 9.17) is 0 Å². The number of rotatable bonds is 5. The Labute approximate surface area is 141 Å². The summed E-state index contributed by atoms with van der Waals surface area (Å²) in [6.45, 7) is 2.00. The van der Waals surface area contributed by atoms with Crippen LogP contribution in [0.3, 0.4) is 0 Å². The lowest BCUT2D eigenvalue weighted by atomic mass is 10.1. The molecule has 5 heteroatoms. The molecule has 2 aromatic rings. The average molecular weight is 323 g/mol. The van der Waals surface area contributed by atoms with Crippen LogP contribution in [0.15, 0.2) is 48.5 Å². The number of anilines is 2. The minimum Gasteiger partial charge on any atom is -0.353 e. The molecule has 124 valence electrons. The number of aryl methyl sites for hydroxylation is 1. The lowest BCUT2D eigenvalue weighted by molar-refractivity contribution is -0.120. The predicted octanol–water partition coefficient (Wildman–Crippen LogP) is 3.46. The van der Waals surface area contributed by atoms with Crippen LogP contribution in [0.25, 0.3) is 0 Å². The van der Waals surface area contributed by atoms with E-state index in [1.165, 1.54) is 0 Å². The minimum atomic E-state index is -0.293. The van der Waals surface area contributed by atoms with Crippen LogP contribution in [-0.4, -0.2) is 18.0 Å². The van der Waals surface area contributed by atoms with Crippen LogP contribution in [0.5, 0.6) is 0 Å². The Morgan fingerprint density at radius 2 is 1.46 bits per heavy atom. The fraction of sp³-hybridized carbons (Fsp3) is 0.263. The maximum Gasteiger partial charge on any atom is 0.323 e. The number of carbonyl (C=O) groups is 2. The Hall–Kier alpha value is -2.82. The van der Waals surface area contributed by atoms with Crippen LogP contribution in [0, 0.1) is 6.92 Å². The molecule has 0 atom stereocenters. The van der Waals surface area contributed by atoms with E-state index < -0.39 is 0 Å². The van der Waals surface area contributed by atoms with E-state index in [0.717, 1.165) is 29.7 Å². The van der Waals surface area contributed by atoms with Gasteiger partial charge in [-0.15, -0.1) is 0 Å². The molecular formula is C19H21N3O2. The van der Waals surface area contributed by atoms with Crippen LogP contribution in [0.2, 0.25) is 0 Å². The monoisotopic (exact) mass is 323 g/mol. The number of hydrogen-bond donors (Lipinski definition) is 3. The molecule has 0 heterocycles. The third-order valence-electron chi connectivity index (χ3n) is 3.83. The second-order valence-corrected chi connectivity index (χ2v) is 6.16. The zero-order valence-corrected chi connectivity index (χ0v) is 13.6. The third kappa shape index (κ3) is 4.84. The minimum absolute atomic E-state index is 0.0512. The first kappa shape index (κ1) is 16.1. The lowest BCUT2D eigenvalue weighted by Crippen LogP contribution is -2.26. The number of urea groups is 1.